The van der Waals surface area contributed by atoms with Gasteiger partial charge in [0.15, 0.2) is 6.29 Å². The number of hydrogen-bond donors (Lipinski definition) is 0. The monoisotopic (exact) mass is 222 g/mol. The molecule has 0 aliphatic heterocycles. The van der Waals surface area contributed by atoms with Crippen LogP contribution >= 0.6 is 0 Å². The van der Waals surface area contributed by atoms with E-state index in [4.69, 9.17) is 9.47 Å². The molecule has 0 radical (unpaired) electrons. The van der Waals surface area contributed by atoms with E-state index in [0.717, 1.165) is 5.57 Å². The molecule has 0 aromatic rings. The quantitative estimate of drug-likeness (QED) is 0.682. The molecule has 16 heavy (non-hydrogen) atoms. The molecule has 0 amide bonds. The molecule has 0 saturated carbocycles. The van der Waals surface area contributed by atoms with Gasteiger partial charge in [0.05, 0.1) is 5.92 Å². The van der Waals surface area contributed by atoms with E-state index in [-0.39, 0.29) is 17.6 Å². The third-order valence-corrected chi connectivity index (χ3v) is 2.88. The molecule has 0 aromatic heterocycles. The third kappa shape index (κ3) is 2.83. The molecular weight excluding hydrogens is 200 g/mol. The molecule has 0 N–H and O–H groups in total. The molecule has 90 valence electrons. The van der Waals surface area contributed by atoms with E-state index in [1.54, 1.807) is 14.2 Å². The van der Waals surface area contributed by atoms with Crippen LogP contribution in [0.5, 0.6) is 0 Å². The molecule has 0 spiro atoms. The Kier molecular flexibility index (Phi) is 4.11. The van der Waals surface area contributed by atoms with Crippen LogP contribution in [0.15, 0.2) is 36.0 Å². The normalized spacial score (nSPS) is 21.5. The van der Waals surface area contributed by atoms with Gasteiger partial charge in [-0.2, -0.15) is 0 Å². The fourth-order valence-electron chi connectivity index (χ4n) is 1.80. The van der Waals surface area contributed by atoms with Gasteiger partial charge in [0, 0.05) is 14.2 Å². The van der Waals surface area contributed by atoms with Crippen LogP contribution in [0.2, 0.25) is 0 Å². The maximum atomic E-state index is 5.27. The van der Waals surface area contributed by atoms with Crippen molar-refractivity contribution >= 4 is 0 Å². The summed E-state index contributed by atoms with van der Waals surface area (Å²) in [5.74, 6) is 0.112. The van der Waals surface area contributed by atoms with Gasteiger partial charge in [-0.15, -0.1) is 0 Å². The van der Waals surface area contributed by atoms with Crippen LogP contribution in [0.4, 0.5) is 0 Å². The molecule has 1 aliphatic rings. The average Bonchev–Trinajstić information content (AvgIpc) is 2.20. The summed E-state index contributed by atoms with van der Waals surface area (Å²) in [4.78, 5) is 0. The standard InChI is InChI=1S/C14H22O2/c1-10-9-11(14(2,3)4)7-8-12(10)13(15-5)16-6/h7-9,12-13H,1H2,2-6H3. The van der Waals surface area contributed by atoms with Gasteiger partial charge < -0.3 is 9.47 Å². The van der Waals surface area contributed by atoms with Crippen LogP contribution in [-0.4, -0.2) is 20.5 Å². The predicted octanol–water partition coefficient (Wildman–Crippen LogP) is 3.32. The van der Waals surface area contributed by atoms with E-state index in [1.807, 2.05) is 0 Å². The highest BCUT2D eigenvalue weighted by Crippen LogP contribution is 2.34. The zero-order valence-electron chi connectivity index (χ0n) is 10.9. The zero-order chi connectivity index (χ0) is 12.3. The summed E-state index contributed by atoms with van der Waals surface area (Å²) in [7, 11) is 3.30. The average molecular weight is 222 g/mol. The van der Waals surface area contributed by atoms with Crippen LogP contribution in [0, 0.1) is 11.3 Å². The van der Waals surface area contributed by atoms with Crippen molar-refractivity contribution in [1.82, 2.24) is 0 Å². The maximum Gasteiger partial charge on any atom is 0.167 e. The van der Waals surface area contributed by atoms with E-state index in [1.165, 1.54) is 5.57 Å². The lowest BCUT2D eigenvalue weighted by molar-refractivity contribution is -0.118. The number of rotatable bonds is 3. The minimum atomic E-state index is -0.249. The van der Waals surface area contributed by atoms with Gasteiger partial charge in [0.25, 0.3) is 0 Å². The Labute approximate surface area is 98.6 Å². The Morgan fingerprint density at radius 3 is 2.19 bits per heavy atom. The molecule has 0 fully saturated rings. The van der Waals surface area contributed by atoms with Crippen LogP contribution < -0.4 is 0 Å². The van der Waals surface area contributed by atoms with Crippen molar-refractivity contribution in [3.63, 3.8) is 0 Å². The Balaban J connectivity index is 2.85. The van der Waals surface area contributed by atoms with Gasteiger partial charge >= 0.3 is 0 Å². The first-order chi connectivity index (χ1) is 7.40. The first-order valence-corrected chi connectivity index (χ1v) is 5.55. The first kappa shape index (κ1) is 13.2. The second kappa shape index (κ2) is 4.98. The Bertz CT molecular complexity index is 314. The highest BCUT2D eigenvalue weighted by atomic mass is 16.7. The van der Waals surface area contributed by atoms with E-state index in [0.29, 0.717) is 0 Å². The fraction of sp³-hybridized carbons (Fsp3) is 0.571. The van der Waals surface area contributed by atoms with Gasteiger partial charge in [-0.05, 0) is 16.6 Å². The number of methoxy groups -OCH3 is 2. The Morgan fingerprint density at radius 2 is 1.81 bits per heavy atom. The van der Waals surface area contributed by atoms with Crippen LogP contribution in [-0.2, 0) is 9.47 Å². The lowest BCUT2D eigenvalue weighted by Gasteiger charge is -2.29. The summed E-state index contributed by atoms with van der Waals surface area (Å²) in [5.41, 5.74) is 2.49. The molecular formula is C14H22O2. The Morgan fingerprint density at radius 1 is 1.25 bits per heavy atom. The zero-order valence-corrected chi connectivity index (χ0v) is 10.9. The largest absolute Gasteiger partial charge is 0.355 e. The van der Waals surface area contributed by atoms with Crippen LogP contribution in [0.1, 0.15) is 20.8 Å². The van der Waals surface area contributed by atoms with Crippen molar-refractivity contribution in [3.05, 3.63) is 36.0 Å². The van der Waals surface area contributed by atoms with Gasteiger partial charge in [-0.3, -0.25) is 0 Å². The number of ether oxygens (including phenoxy) is 2. The molecule has 0 heterocycles. The highest BCUT2D eigenvalue weighted by Gasteiger charge is 2.25. The first-order valence-electron chi connectivity index (χ1n) is 5.55. The SMILES string of the molecule is C=C1C=C(C(C)(C)C)C=CC1C(OC)OC. The molecule has 2 heteroatoms. The molecule has 1 aliphatic carbocycles. The van der Waals surface area contributed by atoms with Gasteiger partial charge in [-0.25, -0.2) is 0 Å². The Hall–Kier alpha value is -0.860. The highest BCUT2D eigenvalue weighted by molar-refractivity contribution is 5.40. The van der Waals surface area contributed by atoms with Crippen molar-refractivity contribution in [2.45, 2.75) is 27.1 Å². The summed E-state index contributed by atoms with van der Waals surface area (Å²) >= 11 is 0. The molecule has 1 atom stereocenters. The second-order valence-corrected chi connectivity index (χ2v) is 5.15. The maximum absolute atomic E-state index is 5.27. The minimum Gasteiger partial charge on any atom is -0.355 e. The van der Waals surface area contributed by atoms with Crippen molar-refractivity contribution in [3.8, 4) is 0 Å². The van der Waals surface area contributed by atoms with E-state index >= 15 is 0 Å². The number of allylic oxidation sites excluding steroid dienone is 3. The smallest absolute Gasteiger partial charge is 0.167 e. The van der Waals surface area contributed by atoms with Gasteiger partial charge in [0.1, 0.15) is 0 Å². The molecule has 1 unspecified atom stereocenters. The molecule has 2 nitrogen and oxygen atoms in total. The summed E-state index contributed by atoms with van der Waals surface area (Å²) in [5, 5.41) is 0. The van der Waals surface area contributed by atoms with E-state index in [2.05, 4.69) is 45.6 Å². The van der Waals surface area contributed by atoms with Crippen molar-refractivity contribution in [2.24, 2.45) is 11.3 Å². The summed E-state index contributed by atoms with van der Waals surface area (Å²) in [6.45, 7) is 10.7. The molecule has 0 bridgehead atoms. The van der Waals surface area contributed by atoms with Crippen molar-refractivity contribution in [2.75, 3.05) is 14.2 Å². The van der Waals surface area contributed by atoms with Crippen LogP contribution in [0.3, 0.4) is 0 Å². The minimum absolute atomic E-state index is 0.112. The van der Waals surface area contributed by atoms with Crippen molar-refractivity contribution < 1.29 is 9.47 Å². The molecule has 0 saturated heterocycles. The fourth-order valence-corrected chi connectivity index (χ4v) is 1.80. The second-order valence-electron chi connectivity index (χ2n) is 5.15. The van der Waals surface area contributed by atoms with Crippen LogP contribution in [0.25, 0.3) is 0 Å². The third-order valence-electron chi connectivity index (χ3n) is 2.88. The van der Waals surface area contributed by atoms with E-state index < -0.39 is 0 Å². The van der Waals surface area contributed by atoms with Crippen molar-refractivity contribution in [1.29, 1.82) is 0 Å². The summed E-state index contributed by atoms with van der Waals surface area (Å²) < 4.78 is 10.5. The lowest BCUT2D eigenvalue weighted by atomic mass is 9.80. The molecule has 1 rings (SSSR count). The van der Waals surface area contributed by atoms with Gasteiger partial charge in [0.2, 0.25) is 0 Å². The number of hydrogen-bond acceptors (Lipinski definition) is 2. The molecule has 0 aromatic carbocycles. The predicted molar refractivity (Wildman–Crippen MR) is 67.1 cm³/mol. The summed E-state index contributed by atoms with van der Waals surface area (Å²) in [6, 6.07) is 0. The van der Waals surface area contributed by atoms with E-state index in [9.17, 15) is 0 Å². The topological polar surface area (TPSA) is 18.5 Å². The summed E-state index contributed by atoms with van der Waals surface area (Å²) in [6.07, 6.45) is 6.14. The van der Waals surface area contributed by atoms with Gasteiger partial charge in [-0.1, -0.05) is 45.6 Å². The lowest BCUT2D eigenvalue weighted by Crippen LogP contribution is -2.26.